The van der Waals surface area contributed by atoms with Crippen molar-refractivity contribution in [2.75, 3.05) is 12.0 Å². The molecule has 2 amide bonds. The SMILES string of the molecule is COC(=O)C[C@H]1Oc2ccc(Cl)cc2[C@H]2[C@]1([N+](=O)[O-])[C@H](c1ccc(Br)cc1)O[C@@]21C(=O)N(C(C)=O)c2ccccc21. The van der Waals surface area contributed by atoms with Gasteiger partial charge in [-0.1, -0.05) is 57.9 Å². The summed E-state index contributed by atoms with van der Waals surface area (Å²) in [6.07, 6.45) is -3.33. The molecule has 1 saturated heterocycles. The van der Waals surface area contributed by atoms with Crippen molar-refractivity contribution in [2.45, 2.75) is 42.6 Å². The number of nitro groups is 1. The predicted molar refractivity (Wildman–Crippen MR) is 149 cm³/mol. The van der Waals surface area contributed by atoms with E-state index in [-0.39, 0.29) is 22.0 Å². The van der Waals surface area contributed by atoms with Gasteiger partial charge in [0.2, 0.25) is 5.91 Å². The molecule has 6 rings (SSSR count). The molecule has 3 aromatic rings. The van der Waals surface area contributed by atoms with E-state index in [1.165, 1.54) is 20.1 Å². The smallest absolute Gasteiger partial charge is 0.309 e. The second-order valence-corrected chi connectivity index (χ2v) is 11.5. The van der Waals surface area contributed by atoms with Crippen LogP contribution in [0.1, 0.15) is 42.1 Å². The summed E-state index contributed by atoms with van der Waals surface area (Å²) in [5.74, 6) is -3.25. The molecule has 3 aliphatic heterocycles. The number of imide groups is 1. The van der Waals surface area contributed by atoms with Crippen molar-refractivity contribution in [3.8, 4) is 5.75 Å². The van der Waals surface area contributed by atoms with E-state index in [1.807, 2.05) is 0 Å². The van der Waals surface area contributed by atoms with Crippen LogP contribution in [0.3, 0.4) is 0 Å². The maximum Gasteiger partial charge on any atom is 0.309 e. The first kappa shape index (κ1) is 27.4. The highest BCUT2D eigenvalue weighted by molar-refractivity contribution is 9.10. The van der Waals surface area contributed by atoms with Crippen LogP contribution >= 0.6 is 27.5 Å². The normalized spacial score (nSPS) is 27.6. The van der Waals surface area contributed by atoms with Crippen molar-refractivity contribution in [3.05, 3.63) is 103 Å². The summed E-state index contributed by atoms with van der Waals surface area (Å²) in [5, 5.41) is 13.9. The van der Waals surface area contributed by atoms with E-state index in [2.05, 4.69) is 15.9 Å². The van der Waals surface area contributed by atoms with Crippen molar-refractivity contribution >= 4 is 51.0 Å². The van der Waals surface area contributed by atoms with Gasteiger partial charge in [-0.2, -0.15) is 0 Å². The van der Waals surface area contributed by atoms with E-state index in [1.54, 1.807) is 60.7 Å². The van der Waals surface area contributed by atoms with Crippen LogP contribution in [0.25, 0.3) is 0 Å². The molecule has 0 saturated carbocycles. The van der Waals surface area contributed by atoms with Gasteiger partial charge in [-0.15, -0.1) is 0 Å². The molecule has 10 nitrogen and oxygen atoms in total. The summed E-state index contributed by atoms with van der Waals surface area (Å²) in [6, 6.07) is 17.8. The minimum Gasteiger partial charge on any atom is -0.482 e. The molecule has 12 heteroatoms. The Hall–Kier alpha value is -3.80. The highest BCUT2D eigenvalue weighted by atomic mass is 79.9. The molecule has 0 N–H and O–H groups in total. The van der Waals surface area contributed by atoms with Gasteiger partial charge in [-0.05, 0) is 42.0 Å². The zero-order valence-corrected chi connectivity index (χ0v) is 24.0. The molecule has 0 aliphatic carbocycles. The molecule has 41 heavy (non-hydrogen) atoms. The number of hydrogen-bond acceptors (Lipinski definition) is 8. The van der Waals surface area contributed by atoms with Crippen LogP contribution in [0.5, 0.6) is 5.75 Å². The first-order chi connectivity index (χ1) is 19.6. The van der Waals surface area contributed by atoms with E-state index < -0.39 is 58.4 Å². The average Bonchev–Trinajstić information content (AvgIpc) is 3.41. The van der Waals surface area contributed by atoms with Gasteiger partial charge in [0.1, 0.15) is 11.7 Å². The summed E-state index contributed by atoms with van der Waals surface area (Å²) in [4.78, 5) is 54.2. The zero-order valence-electron chi connectivity index (χ0n) is 21.7. The summed E-state index contributed by atoms with van der Waals surface area (Å²) < 4.78 is 18.6. The highest BCUT2D eigenvalue weighted by Gasteiger charge is 2.82. The maximum atomic E-state index is 14.5. The second kappa shape index (κ2) is 9.64. The first-order valence-corrected chi connectivity index (χ1v) is 13.8. The molecule has 0 aromatic heterocycles. The monoisotopic (exact) mass is 640 g/mol. The Labute approximate surface area is 247 Å². The summed E-state index contributed by atoms with van der Waals surface area (Å²) in [6.45, 7) is 1.24. The molecule has 3 aliphatic rings. The third-order valence-electron chi connectivity index (χ3n) is 8.11. The van der Waals surface area contributed by atoms with Gasteiger partial charge in [-0.25, -0.2) is 4.90 Å². The molecule has 0 radical (unpaired) electrons. The molecular weight excluding hydrogens is 620 g/mol. The van der Waals surface area contributed by atoms with E-state index in [4.69, 9.17) is 25.8 Å². The molecule has 210 valence electrons. The van der Waals surface area contributed by atoms with Gasteiger partial charge in [0.25, 0.3) is 11.4 Å². The van der Waals surface area contributed by atoms with E-state index in [0.29, 0.717) is 15.6 Å². The van der Waals surface area contributed by atoms with E-state index >= 15 is 0 Å². The Morgan fingerprint density at radius 1 is 1.15 bits per heavy atom. The van der Waals surface area contributed by atoms with Gasteiger partial charge in [-0.3, -0.25) is 24.5 Å². The number of nitrogens with zero attached hydrogens (tertiary/aromatic N) is 2. The number of esters is 1. The molecule has 0 unspecified atom stereocenters. The molecule has 0 bridgehead atoms. The minimum atomic E-state index is -2.24. The lowest BCUT2D eigenvalue weighted by Gasteiger charge is -2.42. The molecule has 1 spiro atoms. The standard InChI is InChI=1S/C29H22BrClN2O8/c1-15(34)32-21-6-4-3-5-20(21)29(27(32)36)25-19-13-18(31)11-12-22(19)40-23(14-24(35)39-2)28(25,33(37)38)26(41-29)16-7-9-17(30)10-8-16/h3-13,23,25-26H,14H2,1-2H3/t23-,25+,26+,28+,29-/m1/s1. The summed E-state index contributed by atoms with van der Waals surface area (Å²) >= 11 is 9.81. The fourth-order valence-corrected chi connectivity index (χ4v) is 7.00. The number of carbonyl (C=O) groups excluding carboxylic acids is 3. The Kier molecular flexibility index (Phi) is 6.44. The summed E-state index contributed by atoms with van der Waals surface area (Å²) in [7, 11) is 1.18. The number of fused-ring (bicyclic) bond motifs is 6. The number of hydrogen-bond donors (Lipinski definition) is 0. The topological polar surface area (TPSA) is 125 Å². The number of benzene rings is 3. The molecular formula is C29H22BrClN2O8. The minimum absolute atomic E-state index is 0.205. The number of ether oxygens (including phenoxy) is 3. The molecule has 5 atom stereocenters. The molecule has 3 aromatic carbocycles. The fraction of sp³-hybridized carbons (Fsp3) is 0.276. The number of para-hydroxylation sites is 1. The van der Waals surface area contributed by atoms with Crippen LogP contribution < -0.4 is 9.64 Å². The van der Waals surface area contributed by atoms with Crippen LogP contribution in [0, 0.1) is 10.1 Å². The second-order valence-electron chi connectivity index (χ2n) is 10.1. The third kappa shape index (κ3) is 3.68. The molecule has 1 fully saturated rings. The summed E-state index contributed by atoms with van der Waals surface area (Å²) in [5.41, 5.74) is -3.09. The van der Waals surface area contributed by atoms with Crippen LogP contribution in [0.4, 0.5) is 5.69 Å². The number of methoxy groups -OCH3 is 1. The van der Waals surface area contributed by atoms with Crippen molar-refractivity contribution < 1.29 is 33.5 Å². The Balaban J connectivity index is 1.75. The van der Waals surface area contributed by atoms with Gasteiger partial charge in [0.15, 0.2) is 17.8 Å². The Morgan fingerprint density at radius 3 is 2.51 bits per heavy atom. The van der Waals surface area contributed by atoms with E-state index in [0.717, 1.165) is 4.90 Å². The maximum absolute atomic E-state index is 14.5. The lowest BCUT2D eigenvalue weighted by molar-refractivity contribution is -0.593. The van der Waals surface area contributed by atoms with Gasteiger partial charge < -0.3 is 14.2 Å². The first-order valence-electron chi connectivity index (χ1n) is 12.6. The van der Waals surface area contributed by atoms with Gasteiger partial charge in [0.05, 0.1) is 19.2 Å². The quantitative estimate of drug-likeness (QED) is 0.219. The third-order valence-corrected chi connectivity index (χ3v) is 8.87. The predicted octanol–water partition coefficient (Wildman–Crippen LogP) is 5.09. The number of anilines is 1. The lowest BCUT2D eigenvalue weighted by Crippen LogP contribution is -2.62. The van der Waals surface area contributed by atoms with Crippen molar-refractivity contribution in [3.63, 3.8) is 0 Å². The lowest BCUT2D eigenvalue weighted by atomic mass is 9.63. The number of rotatable bonds is 4. The largest absolute Gasteiger partial charge is 0.482 e. The van der Waals surface area contributed by atoms with Crippen LogP contribution in [0.15, 0.2) is 71.2 Å². The fourth-order valence-electron chi connectivity index (χ4n) is 6.56. The van der Waals surface area contributed by atoms with Crippen molar-refractivity contribution in [2.24, 2.45) is 0 Å². The Morgan fingerprint density at radius 2 is 1.85 bits per heavy atom. The Bertz CT molecular complexity index is 1630. The van der Waals surface area contributed by atoms with Gasteiger partial charge in [0, 0.05) is 32.5 Å². The van der Waals surface area contributed by atoms with Crippen molar-refractivity contribution in [1.82, 2.24) is 0 Å². The molecule has 3 heterocycles. The van der Waals surface area contributed by atoms with Crippen LogP contribution in [0.2, 0.25) is 5.02 Å². The van der Waals surface area contributed by atoms with Crippen molar-refractivity contribution in [1.29, 1.82) is 0 Å². The van der Waals surface area contributed by atoms with E-state index in [9.17, 15) is 24.5 Å². The number of carbonyl (C=O) groups is 3. The number of halogens is 2. The van der Waals surface area contributed by atoms with Gasteiger partial charge >= 0.3 is 5.97 Å². The zero-order chi connectivity index (χ0) is 29.3. The highest BCUT2D eigenvalue weighted by Crippen LogP contribution is 2.69. The number of amides is 2. The van der Waals surface area contributed by atoms with Crippen LogP contribution in [-0.4, -0.2) is 41.5 Å². The van der Waals surface area contributed by atoms with Crippen LogP contribution in [-0.2, 0) is 29.5 Å². The average molecular weight is 642 g/mol.